The standard InChI is InChI=1S/C20H28N2O5/c1-4-17(23)22(16-8-6-5-7-9-16)20(19(25)26)10-12-21(13-11-20)14-15(2)18(24)27-3/h5-9,15H,4,10-14H2,1-3H3,(H,25,26). The van der Waals surface area contributed by atoms with Crippen molar-refractivity contribution in [2.45, 2.75) is 38.6 Å². The molecule has 1 aromatic rings. The lowest BCUT2D eigenvalue weighted by atomic mass is 9.84. The fraction of sp³-hybridized carbons (Fsp3) is 0.550. The Morgan fingerprint density at radius 1 is 1.22 bits per heavy atom. The van der Waals surface area contributed by atoms with Gasteiger partial charge in [0.1, 0.15) is 5.54 Å². The lowest BCUT2D eigenvalue weighted by Gasteiger charge is -2.46. The van der Waals surface area contributed by atoms with E-state index in [4.69, 9.17) is 4.74 Å². The van der Waals surface area contributed by atoms with Gasteiger partial charge in [-0.1, -0.05) is 32.0 Å². The molecule has 0 spiro atoms. The first-order chi connectivity index (χ1) is 12.9. The average Bonchev–Trinajstić information content (AvgIpc) is 2.69. The smallest absolute Gasteiger partial charge is 0.330 e. The molecule has 1 heterocycles. The van der Waals surface area contributed by atoms with E-state index in [1.54, 1.807) is 38.1 Å². The minimum atomic E-state index is -1.28. The topological polar surface area (TPSA) is 87.2 Å². The highest BCUT2D eigenvalue weighted by Crippen LogP contribution is 2.34. The number of amides is 1. The molecule has 1 aliphatic rings. The largest absolute Gasteiger partial charge is 0.479 e. The van der Waals surface area contributed by atoms with Gasteiger partial charge in [-0.05, 0) is 25.0 Å². The number of esters is 1. The Morgan fingerprint density at radius 3 is 2.30 bits per heavy atom. The van der Waals surface area contributed by atoms with Gasteiger partial charge in [0.2, 0.25) is 5.91 Å². The number of carboxylic acids is 1. The van der Waals surface area contributed by atoms with Crippen molar-refractivity contribution < 1.29 is 24.2 Å². The molecule has 1 saturated heterocycles. The number of carbonyl (C=O) groups excluding carboxylic acids is 2. The normalized spacial score (nSPS) is 17.7. The van der Waals surface area contributed by atoms with E-state index in [1.807, 2.05) is 6.07 Å². The van der Waals surface area contributed by atoms with E-state index in [0.29, 0.717) is 38.2 Å². The number of carboxylic acid groups (broad SMARTS) is 1. The zero-order valence-corrected chi connectivity index (χ0v) is 16.2. The second-order valence-electron chi connectivity index (χ2n) is 6.98. The van der Waals surface area contributed by atoms with E-state index in [9.17, 15) is 19.5 Å². The lowest BCUT2D eigenvalue weighted by Crippen LogP contribution is -2.62. The Hall–Kier alpha value is -2.41. The molecule has 0 aromatic heterocycles. The number of anilines is 1. The molecule has 1 atom stereocenters. The van der Waals surface area contributed by atoms with E-state index in [2.05, 4.69) is 4.90 Å². The molecule has 1 N–H and O–H groups in total. The molecular formula is C20H28N2O5. The Balaban J connectivity index is 2.24. The number of piperidine rings is 1. The molecule has 2 rings (SSSR count). The molecule has 148 valence electrons. The molecule has 0 radical (unpaired) electrons. The number of methoxy groups -OCH3 is 1. The Bertz CT molecular complexity index is 668. The van der Waals surface area contributed by atoms with Crippen LogP contribution < -0.4 is 4.90 Å². The van der Waals surface area contributed by atoms with Crippen LogP contribution in [0.5, 0.6) is 0 Å². The molecule has 7 nitrogen and oxygen atoms in total. The van der Waals surface area contributed by atoms with Crippen molar-refractivity contribution in [3.8, 4) is 0 Å². The summed E-state index contributed by atoms with van der Waals surface area (Å²) in [5.74, 6) is -1.76. The summed E-state index contributed by atoms with van der Waals surface area (Å²) in [5.41, 5.74) is -0.678. The maximum atomic E-state index is 12.7. The van der Waals surface area contributed by atoms with Crippen LogP contribution in [0, 0.1) is 5.92 Å². The first-order valence-corrected chi connectivity index (χ1v) is 9.27. The molecule has 7 heteroatoms. The van der Waals surface area contributed by atoms with Crippen molar-refractivity contribution in [1.29, 1.82) is 0 Å². The predicted molar refractivity (Wildman–Crippen MR) is 101 cm³/mol. The van der Waals surface area contributed by atoms with E-state index < -0.39 is 11.5 Å². The highest BCUT2D eigenvalue weighted by molar-refractivity contribution is 6.01. The number of ether oxygens (including phenoxy) is 1. The molecule has 1 unspecified atom stereocenters. The Morgan fingerprint density at radius 2 is 1.81 bits per heavy atom. The van der Waals surface area contributed by atoms with Gasteiger partial charge in [0.25, 0.3) is 0 Å². The summed E-state index contributed by atoms with van der Waals surface area (Å²) < 4.78 is 4.76. The van der Waals surface area contributed by atoms with E-state index in [-0.39, 0.29) is 24.2 Å². The zero-order valence-electron chi connectivity index (χ0n) is 16.2. The number of aliphatic carboxylic acids is 1. The Labute approximate surface area is 159 Å². The van der Waals surface area contributed by atoms with E-state index >= 15 is 0 Å². The van der Waals surface area contributed by atoms with Crippen molar-refractivity contribution in [3.63, 3.8) is 0 Å². The van der Waals surface area contributed by atoms with Crippen LogP contribution in [0.4, 0.5) is 5.69 Å². The lowest BCUT2D eigenvalue weighted by molar-refractivity contribution is -0.149. The molecule has 0 aliphatic carbocycles. The van der Waals surface area contributed by atoms with Crippen LogP contribution in [-0.4, -0.2) is 60.1 Å². The first kappa shape index (κ1) is 20.9. The van der Waals surface area contributed by atoms with Crippen LogP contribution in [0.25, 0.3) is 0 Å². The average molecular weight is 376 g/mol. The van der Waals surface area contributed by atoms with Crippen molar-refractivity contribution in [2.75, 3.05) is 31.6 Å². The number of hydrogen-bond acceptors (Lipinski definition) is 5. The maximum absolute atomic E-state index is 12.7. The van der Waals surface area contributed by atoms with Crippen LogP contribution >= 0.6 is 0 Å². The highest BCUT2D eigenvalue weighted by Gasteiger charge is 2.49. The van der Waals surface area contributed by atoms with Gasteiger partial charge in [-0.2, -0.15) is 0 Å². The van der Waals surface area contributed by atoms with E-state index in [0.717, 1.165) is 0 Å². The van der Waals surface area contributed by atoms with Crippen molar-refractivity contribution in [3.05, 3.63) is 30.3 Å². The molecule has 0 saturated carbocycles. The minimum absolute atomic E-state index is 0.208. The van der Waals surface area contributed by atoms with Crippen LogP contribution in [-0.2, 0) is 19.1 Å². The third-order valence-electron chi connectivity index (χ3n) is 5.21. The van der Waals surface area contributed by atoms with Crippen molar-refractivity contribution in [2.24, 2.45) is 5.92 Å². The summed E-state index contributed by atoms with van der Waals surface area (Å²) in [6.45, 7) is 5.03. The molecule has 27 heavy (non-hydrogen) atoms. The summed E-state index contributed by atoms with van der Waals surface area (Å²) in [5, 5.41) is 10.1. The SMILES string of the molecule is CCC(=O)N(c1ccccc1)C1(C(=O)O)CCN(CC(C)C(=O)OC)CC1. The van der Waals surface area contributed by atoms with Crippen LogP contribution in [0.1, 0.15) is 33.1 Å². The van der Waals surface area contributed by atoms with Crippen LogP contribution in [0.2, 0.25) is 0 Å². The van der Waals surface area contributed by atoms with Gasteiger partial charge in [0, 0.05) is 31.7 Å². The number of benzene rings is 1. The second-order valence-corrected chi connectivity index (χ2v) is 6.98. The fourth-order valence-corrected chi connectivity index (χ4v) is 3.67. The van der Waals surface area contributed by atoms with Gasteiger partial charge in [-0.3, -0.25) is 14.5 Å². The third kappa shape index (κ3) is 4.47. The van der Waals surface area contributed by atoms with Gasteiger partial charge in [0.15, 0.2) is 0 Å². The highest BCUT2D eigenvalue weighted by atomic mass is 16.5. The molecule has 0 bridgehead atoms. The zero-order chi connectivity index (χ0) is 20.0. The number of nitrogens with zero attached hydrogens (tertiary/aromatic N) is 2. The van der Waals surface area contributed by atoms with Crippen LogP contribution in [0.3, 0.4) is 0 Å². The van der Waals surface area contributed by atoms with Crippen molar-refractivity contribution in [1.82, 2.24) is 4.90 Å². The van der Waals surface area contributed by atoms with Crippen LogP contribution in [0.15, 0.2) is 30.3 Å². The monoisotopic (exact) mass is 376 g/mol. The van der Waals surface area contributed by atoms with Gasteiger partial charge in [0.05, 0.1) is 13.0 Å². The van der Waals surface area contributed by atoms with Gasteiger partial charge in [-0.25, -0.2) is 4.79 Å². The van der Waals surface area contributed by atoms with Gasteiger partial charge >= 0.3 is 11.9 Å². The quantitative estimate of drug-likeness (QED) is 0.734. The summed E-state index contributed by atoms with van der Waals surface area (Å²) in [6, 6.07) is 8.97. The number of likely N-dealkylation sites (tertiary alicyclic amines) is 1. The summed E-state index contributed by atoms with van der Waals surface area (Å²) in [6.07, 6.45) is 0.834. The molecule has 1 aliphatic heterocycles. The molecule has 1 amide bonds. The minimum Gasteiger partial charge on any atom is -0.479 e. The molecule has 1 fully saturated rings. The fourth-order valence-electron chi connectivity index (χ4n) is 3.67. The Kier molecular flexibility index (Phi) is 6.96. The number of para-hydroxylation sites is 1. The molecule has 1 aromatic carbocycles. The maximum Gasteiger partial charge on any atom is 0.330 e. The summed E-state index contributed by atoms with van der Waals surface area (Å²) in [4.78, 5) is 40.2. The first-order valence-electron chi connectivity index (χ1n) is 9.27. The molecular weight excluding hydrogens is 348 g/mol. The second kappa shape index (κ2) is 8.99. The summed E-state index contributed by atoms with van der Waals surface area (Å²) in [7, 11) is 1.36. The predicted octanol–water partition coefficient (Wildman–Crippen LogP) is 2.16. The number of rotatable bonds is 7. The van der Waals surface area contributed by atoms with Gasteiger partial charge < -0.3 is 14.7 Å². The number of hydrogen-bond donors (Lipinski definition) is 1. The van der Waals surface area contributed by atoms with Gasteiger partial charge in [-0.15, -0.1) is 0 Å². The summed E-state index contributed by atoms with van der Waals surface area (Å²) >= 11 is 0. The van der Waals surface area contributed by atoms with E-state index in [1.165, 1.54) is 12.0 Å². The number of carbonyl (C=O) groups is 3. The van der Waals surface area contributed by atoms with Crippen molar-refractivity contribution >= 4 is 23.5 Å². The third-order valence-corrected chi connectivity index (χ3v) is 5.21.